The summed E-state index contributed by atoms with van der Waals surface area (Å²) in [4.78, 5) is 14.4. The van der Waals surface area contributed by atoms with Gasteiger partial charge in [-0.2, -0.15) is 0 Å². The maximum Gasteiger partial charge on any atom is 0.238 e. The largest absolute Gasteiger partial charge is 0.508 e. The summed E-state index contributed by atoms with van der Waals surface area (Å²) in [5, 5.41) is 15.5. The molecule has 1 aliphatic heterocycles. The van der Waals surface area contributed by atoms with Crippen LogP contribution in [-0.4, -0.2) is 48.1 Å². The number of likely N-dealkylation sites (N-methyl/N-ethyl adjacent to an activating group) is 1. The second kappa shape index (κ2) is 6.72. The van der Waals surface area contributed by atoms with E-state index in [4.69, 9.17) is 0 Å². The number of amides is 1. The van der Waals surface area contributed by atoms with Gasteiger partial charge in [-0.15, -0.1) is 0 Å². The van der Waals surface area contributed by atoms with Crippen molar-refractivity contribution in [1.29, 1.82) is 0 Å². The predicted molar refractivity (Wildman–Crippen MR) is 78.6 cm³/mol. The van der Waals surface area contributed by atoms with Crippen LogP contribution in [0.3, 0.4) is 0 Å². The summed E-state index contributed by atoms with van der Waals surface area (Å²) in [7, 11) is 0. The van der Waals surface area contributed by atoms with Crippen molar-refractivity contribution in [2.45, 2.75) is 25.9 Å². The Morgan fingerprint density at radius 3 is 2.85 bits per heavy atom. The lowest BCUT2D eigenvalue weighted by atomic mass is 10.0. The smallest absolute Gasteiger partial charge is 0.238 e. The summed E-state index contributed by atoms with van der Waals surface area (Å²) >= 11 is 0. The van der Waals surface area contributed by atoms with E-state index in [1.807, 2.05) is 19.1 Å². The van der Waals surface area contributed by atoms with Gasteiger partial charge in [-0.05, 0) is 31.5 Å². The first-order chi connectivity index (χ1) is 9.63. The van der Waals surface area contributed by atoms with Gasteiger partial charge in [0.25, 0.3) is 0 Å². The maximum atomic E-state index is 12.2. The molecular weight excluding hydrogens is 254 g/mol. The molecule has 5 nitrogen and oxygen atoms in total. The zero-order valence-electron chi connectivity index (χ0n) is 12.1. The molecule has 0 aromatic heterocycles. The maximum absolute atomic E-state index is 12.2. The summed E-state index contributed by atoms with van der Waals surface area (Å²) in [6.45, 7) is 7.08. The lowest BCUT2D eigenvalue weighted by Crippen LogP contribution is -2.58. The highest BCUT2D eigenvalue weighted by Crippen LogP contribution is 2.25. The summed E-state index contributed by atoms with van der Waals surface area (Å²) in [6, 6.07) is 7.20. The van der Waals surface area contributed by atoms with Gasteiger partial charge in [0.1, 0.15) is 11.8 Å². The monoisotopic (exact) mass is 277 g/mol. The van der Waals surface area contributed by atoms with E-state index in [0.717, 1.165) is 18.7 Å². The molecule has 2 rings (SSSR count). The van der Waals surface area contributed by atoms with Crippen molar-refractivity contribution in [3.05, 3.63) is 29.8 Å². The van der Waals surface area contributed by atoms with E-state index in [2.05, 4.69) is 22.5 Å². The molecule has 5 heteroatoms. The van der Waals surface area contributed by atoms with Gasteiger partial charge in [0.05, 0.1) is 0 Å². The number of nitrogens with zero attached hydrogens (tertiary/aromatic N) is 1. The second-order valence-corrected chi connectivity index (χ2v) is 5.12. The van der Waals surface area contributed by atoms with Crippen molar-refractivity contribution < 1.29 is 9.90 Å². The van der Waals surface area contributed by atoms with Gasteiger partial charge in [0, 0.05) is 32.2 Å². The number of carbonyl (C=O) groups excluding carboxylic acids is 1. The van der Waals surface area contributed by atoms with Crippen LogP contribution in [0.15, 0.2) is 24.3 Å². The van der Waals surface area contributed by atoms with E-state index in [1.165, 1.54) is 0 Å². The molecule has 1 fully saturated rings. The van der Waals surface area contributed by atoms with Crippen LogP contribution in [0.4, 0.5) is 0 Å². The molecule has 0 aliphatic carbocycles. The third-order valence-electron chi connectivity index (χ3n) is 3.81. The number of hydrogen-bond donors (Lipinski definition) is 3. The Kier molecular flexibility index (Phi) is 4.98. The van der Waals surface area contributed by atoms with Crippen LogP contribution in [-0.2, 0) is 4.79 Å². The topological polar surface area (TPSA) is 64.6 Å². The number of piperazine rings is 1. The quantitative estimate of drug-likeness (QED) is 0.764. The number of aromatic hydroxyl groups is 1. The lowest BCUT2D eigenvalue weighted by Gasteiger charge is -2.39. The first-order valence-corrected chi connectivity index (χ1v) is 7.16. The van der Waals surface area contributed by atoms with Crippen LogP contribution >= 0.6 is 0 Å². The van der Waals surface area contributed by atoms with Crippen LogP contribution in [0.5, 0.6) is 5.75 Å². The Bertz CT molecular complexity index is 447. The molecule has 20 heavy (non-hydrogen) atoms. The molecule has 2 unspecified atom stereocenters. The van der Waals surface area contributed by atoms with Crippen LogP contribution in [0, 0.1) is 0 Å². The summed E-state index contributed by atoms with van der Waals surface area (Å²) in [6.07, 6.45) is 0. The first-order valence-electron chi connectivity index (χ1n) is 7.16. The van der Waals surface area contributed by atoms with Crippen LogP contribution in [0.2, 0.25) is 0 Å². The molecule has 1 heterocycles. The molecule has 110 valence electrons. The highest BCUT2D eigenvalue weighted by Gasteiger charge is 2.31. The number of nitrogens with one attached hydrogen (secondary N) is 2. The van der Waals surface area contributed by atoms with Crippen molar-refractivity contribution >= 4 is 5.91 Å². The minimum absolute atomic E-state index is 0.0744. The molecule has 3 N–H and O–H groups in total. The van der Waals surface area contributed by atoms with Crippen LogP contribution in [0.1, 0.15) is 25.5 Å². The van der Waals surface area contributed by atoms with Crippen molar-refractivity contribution in [3.63, 3.8) is 0 Å². The molecule has 0 saturated carbocycles. The summed E-state index contributed by atoms with van der Waals surface area (Å²) in [5.41, 5.74) is 1.11. The minimum Gasteiger partial charge on any atom is -0.508 e. The Labute approximate surface area is 120 Å². The Balaban J connectivity index is 2.14. The van der Waals surface area contributed by atoms with Crippen LogP contribution in [0.25, 0.3) is 0 Å². The average Bonchev–Trinajstić information content (AvgIpc) is 2.47. The minimum atomic E-state index is -0.146. The molecule has 0 spiro atoms. The van der Waals surface area contributed by atoms with E-state index in [0.29, 0.717) is 13.1 Å². The number of hydrogen-bond acceptors (Lipinski definition) is 4. The second-order valence-electron chi connectivity index (χ2n) is 5.12. The molecule has 1 amide bonds. The SMILES string of the molecule is CCNC(=O)C1CNCCN1C(C)c1ccc(O)cc1. The third-order valence-corrected chi connectivity index (χ3v) is 3.81. The Morgan fingerprint density at radius 1 is 1.50 bits per heavy atom. The molecule has 1 aromatic carbocycles. The van der Waals surface area contributed by atoms with Gasteiger partial charge in [-0.25, -0.2) is 0 Å². The molecular formula is C15H23N3O2. The summed E-state index contributed by atoms with van der Waals surface area (Å²) in [5.74, 6) is 0.340. The van der Waals surface area contributed by atoms with Crippen molar-refractivity contribution in [3.8, 4) is 5.75 Å². The number of rotatable bonds is 4. The third kappa shape index (κ3) is 3.29. The first kappa shape index (κ1) is 14.8. The van der Waals surface area contributed by atoms with E-state index in [9.17, 15) is 9.90 Å². The fourth-order valence-corrected chi connectivity index (χ4v) is 2.66. The highest BCUT2D eigenvalue weighted by molar-refractivity contribution is 5.82. The number of carbonyl (C=O) groups is 1. The average molecular weight is 277 g/mol. The number of phenols is 1. The molecule has 2 atom stereocenters. The highest BCUT2D eigenvalue weighted by atomic mass is 16.3. The fraction of sp³-hybridized carbons (Fsp3) is 0.533. The molecule has 1 aliphatic rings. The van der Waals surface area contributed by atoms with Crippen LogP contribution < -0.4 is 10.6 Å². The van der Waals surface area contributed by atoms with Gasteiger partial charge in [0.15, 0.2) is 0 Å². The van der Waals surface area contributed by atoms with Gasteiger partial charge >= 0.3 is 0 Å². The van der Waals surface area contributed by atoms with E-state index < -0.39 is 0 Å². The fourth-order valence-electron chi connectivity index (χ4n) is 2.66. The van der Waals surface area contributed by atoms with Gasteiger partial charge in [-0.3, -0.25) is 9.69 Å². The normalized spacial score (nSPS) is 21.4. The van der Waals surface area contributed by atoms with Crippen molar-refractivity contribution in [2.75, 3.05) is 26.2 Å². The molecule has 0 radical (unpaired) electrons. The van der Waals surface area contributed by atoms with Gasteiger partial charge in [0.2, 0.25) is 5.91 Å². The van der Waals surface area contributed by atoms with Crippen molar-refractivity contribution in [2.24, 2.45) is 0 Å². The van der Waals surface area contributed by atoms with E-state index >= 15 is 0 Å². The number of phenolic OH excluding ortho intramolecular Hbond substituents is 1. The zero-order valence-corrected chi connectivity index (χ0v) is 12.1. The number of benzene rings is 1. The van der Waals surface area contributed by atoms with E-state index in [1.54, 1.807) is 12.1 Å². The molecule has 0 bridgehead atoms. The molecule has 1 aromatic rings. The van der Waals surface area contributed by atoms with Gasteiger partial charge < -0.3 is 15.7 Å². The summed E-state index contributed by atoms with van der Waals surface area (Å²) < 4.78 is 0. The standard InChI is InChI=1S/C15H23N3O2/c1-3-17-15(20)14-10-16-8-9-18(14)11(2)12-4-6-13(19)7-5-12/h4-7,11,14,16,19H,3,8-10H2,1-2H3,(H,17,20). The van der Waals surface area contributed by atoms with Gasteiger partial charge in [-0.1, -0.05) is 12.1 Å². The van der Waals surface area contributed by atoms with Crippen molar-refractivity contribution in [1.82, 2.24) is 15.5 Å². The predicted octanol–water partition coefficient (Wildman–Crippen LogP) is 0.863. The Hall–Kier alpha value is -1.59. The molecule has 1 saturated heterocycles. The van der Waals surface area contributed by atoms with E-state index in [-0.39, 0.29) is 23.7 Å². The zero-order chi connectivity index (χ0) is 14.5. The Morgan fingerprint density at radius 2 is 2.20 bits per heavy atom. The lowest BCUT2D eigenvalue weighted by molar-refractivity contribution is -0.128.